The van der Waals surface area contributed by atoms with E-state index in [9.17, 15) is 13.2 Å². The first-order valence-corrected chi connectivity index (χ1v) is 11.0. The lowest BCUT2D eigenvalue weighted by Gasteiger charge is -2.29. The lowest BCUT2D eigenvalue weighted by Crippen LogP contribution is -2.45. The van der Waals surface area contributed by atoms with Crippen molar-refractivity contribution >= 4 is 38.9 Å². The molecule has 1 atom stereocenters. The van der Waals surface area contributed by atoms with Gasteiger partial charge in [0, 0.05) is 11.1 Å². The molecule has 29 heavy (non-hydrogen) atoms. The van der Waals surface area contributed by atoms with Gasteiger partial charge in [-0.3, -0.25) is 9.10 Å². The number of amides is 1. The highest BCUT2D eigenvalue weighted by Gasteiger charge is 2.30. The molecule has 0 spiro atoms. The summed E-state index contributed by atoms with van der Waals surface area (Å²) in [6.45, 7) is 2.27. The largest absolute Gasteiger partial charge is 0.495 e. The molecule has 3 rings (SSSR count). The van der Waals surface area contributed by atoms with E-state index in [2.05, 4.69) is 5.32 Å². The van der Waals surface area contributed by atoms with Crippen molar-refractivity contribution in [1.29, 1.82) is 0 Å². The molecule has 156 valence electrons. The highest BCUT2D eigenvalue weighted by Crippen LogP contribution is 2.35. The third-order valence-corrected chi connectivity index (χ3v) is 5.76. The van der Waals surface area contributed by atoms with Gasteiger partial charge in [-0.1, -0.05) is 11.6 Å². The van der Waals surface area contributed by atoms with Gasteiger partial charge in [-0.15, -0.1) is 0 Å². The highest BCUT2D eigenvalue weighted by atomic mass is 35.5. The summed E-state index contributed by atoms with van der Waals surface area (Å²) in [6, 6.07) is 8.43. The van der Waals surface area contributed by atoms with Crippen LogP contribution >= 0.6 is 11.6 Å². The number of methoxy groups -OCH3 is 1. The minimum Gasteiger partial charge on any atom is -0.495 e. The number of anilines is 2. The Labute approximate surface area is 174 Å². The van der Waals surface area contributed by atoms with Crippen molar-refractivity contribution in [1.82, 2.24) is 0 Å². The van der Waals surface area contributed by atoms with Gasteiger partial charge >= 0.3 is 0 Å². The second-order valence-electron chi connectivity index (χ2n) is 6.40. The number of nitrogens with zero attached hydrogens (tertiary/aromatic N) is 1. The quantitative estimate of drug-likeness (QED) is 0.742. The van der Waals surface area contributed by atoms with Crippen LogP contribution in [0.3, 0.4) is 0 Å². The standard InChI is InChI=1S/C19H21ClN2O6S/c1-12(19(23)21-15-10-13(20)4-6-16(15)26-2)22(29(3,24)25)14-5-7-17-18(11-14)28-9-8-27-17/h4-7,10-12H,8-9H2,1-3H3,(H,21,23)/t12-/m1/s1. The summed E-state index contributed by atoms with van der Waals surface area (Å²) in [5.74, 6) is 0.798. The summed E-state index contributed by atoms with van der Waals surface area (Å²) < 4.78 is 42.2. The number of hydrogen-bond donors (Lipinski definition) is 1. The van der Waals surface area contributed by atoms with E-state index in [4.69, 9.17) is 25.8 Å². The van der Waals surface area contributed by atoms with Gasteiger partial charge in [-0.25, -0.2) is 8.42 Å². The molecule has 1 heterocycles. The minimum absolute atomic E-state index is 0.289. The molecule has 1 aliphatic heterocycles. The van der Waals surface area contributed by atoms with Crippen molar-refractivity contribution in [3.05, 3.63) is 41.4 Å². The van der Waals surface area contributed by atoms with Crippen molar-refractivity contribution in [2.45, 2.75) is 13.0 Å². The average molecular weight is 441 g/mol. The maximum Gasteiger partial charge on any atom is 0.248 e. The fourth-order valence-corrected chi connectivity index (χ4v) is 4.33. The van der Waals surface area contributed by atoms with E-state index in [1.165, 1.54) is 20.1 Å². The predicted octanol–water partition coefficient (Wildman–Crippen LogP) is 2.91. The van der Waals surface area contributed by atoms with Crippen LogP contribution in [0.2, 0.25) is 5.02 Å². The molecule has 8 nitrogen and oxygen atoms in total. The Bertz CT molecular complexity index is 1030. The van der Waals surface area contributed by atoms with Crippen molar-refractivity contribution in [3.63, 3.8) is 0 Å². The van der Waals surface area contributed by atoms with Gasteiger partial charge in [0.2, 0.25) is 15.9 Å². The number of fused-ring (bicyclic) bond motifs is 1. The van der Waals surface area contributed by atoms with Gasteiger partial charge in [0.05, 0.1) is 24.7 Å². The Morgan fingerprint density at radius 2 is 1.86 bits per heavy atom. The highest BCUT2D eigenvalue weighted by molar-refractivity contribution is 7.92. The maximum atomic E-state index is 12.9. The van der Waals surface area contributed by atoms with Crippen LogP contribution in [0.5, 0.6) is 17.2 Å². The van der Waals surface area contributed by atoms with E-state index in [-0.39, 0.29) is 5.69 Å². The van der Waals surface area contributed by atoms with Crippen molar-refractivity contribution in [3.8, 4) is 17.2 Å². The minimum atomic E-state index is -3.79. The Hall–Kier alpha value is -2.65. The SMILES string of the molecule is COc1ccc(Cl)cc1NC(=O)[C@@H](C)N(c1ccc2c(c1)OCCO2)S(C)(=O)=O. The number of sulfonamides is 1. The Morgan fingerprint density at radius 3 is 2.52 bits per heavy atom. The predicted molar refractivity (Wildman–Crippen MR) is 111 cm³/mol. The molecule has 1 aliphatic rings. The van der Waals surface area contributed by atoms with Gasteiger partial charge in [0.15, 0.2) is 11.5 Å². The van der Waals surface area contributed by atoms with E-state index >= 15 is 0 Å². The van der Waals surface area contributed by atoms with E-state index in [1.54, 1.807) is 30.3 Å². The molecule has 1 amide bonds. The van der Waals surface area contributed by atoms with Gasteiger partial charge in [0.1, 0.15) is 25.0 Å². The van der Waals surface area contributed by atoms with Crippen LogP contribution < -0.4 is 23.8 Å². The Balaban J connectivity index is 1.91. The summed E-state index contributed by atoms with van der Waals surface area (Å²) >= 11 is 6.00. The van der Waals surface area contributed by atoms with E-state index in [1.807, 2.05) is 0 Å². The van der Waals surface area contributed by atoms with Crippen LogP contribution in [0, 0.1) is 0 Å². The molecule has 0 fully saturated rings. The normalized spacial score (nSPS) is 14.1. The van der Waals surface area contributed by atoms with E-state index in [0.29, 0.717) is 41.2 Å². The van der Waals surface area contributed by atoms with Crippen molar-refractivity contribution in [2.24, 2.45) is 0 Å². The molecule has 2 aromatic rings. The number of carbonyl (C=O) groups is 1. The molecule has 0 radical (unpaired) electrons. The first-order chi connectivity index (χ1) is 13.7. The molecule has 1 N–H and O–H groups in total. The summed E-state index contributed by atoms with van der Waals surface area (Å²) in [4.78, 5) is 12.9. The Morgan fingerprint density at radius 1 is 1.17 bits per heavy atom. The third kappa shape index (κ3) is 4.68. The zero-order chi connectivity index (χ0) is 21.2. The fourth-order valence-electron chi connectivity index (χ4n) is 2.99. The van der Waals surface area contributed by atoms with Crippen LogP contribution in [0.25, 0.3) is 0 Å². The molecule has 0 unspecified atom stereocenters. The second-order valence-corrected chi connectivity index (χ2v) is 8.69. The lowest BCUT2D eigenvalue weighted by atomic mass is 10.2. The number of rotatable bonds is 6. The first-order valence-electron chi connectivity index (χ1n) is 8.74. The summed E-state index contributed by atoms with van der Waals surface area (Å²) in [6.07, 6.45) is 1.04. The van der Waals surface area contributed by atoms with Gasteiger partial charge in [-0.2, -0.15) is 0 Å². The molecule has 0 aromatic heterocycles. The molecule has 2 aromatic carbocycles. The molecule has 0 bridgehead atoms. The van der Waals surface area contributed by atoms with Crippen LogP contribution in [0.15, 0.2) is 36.4 Å². The van der Waals surface area contributed by atoms with Crippen LogP contribution in [-0.4, -0.2) is 46.9 Å². The number of nitrogens with one attached hydrogen (secondary N) is 1. The zero-order valence-corrected chi connectivity index (χ0v) is 17.7. The van der Waals surface area contributed by atoms with Gasteiger partial charge < -0.3 is 19.5 Å². The monoisotopic (exact) mass is 440 g/mol. The fraction of sp³-hybridized carbons (Fsp3) is 0.316. The summed E-state index contributed by atoms with van der Waals surface area (Å²) in [7, 11) is -2.33. The maximum absolute atomic E-state index is 12.9. The molecular weight excluding hydrogens is 420 g/mol. The van der Waals surface area contributed by atoms with Crippen molar-refractivity contribution in [2.75, 3.05) is 36.2 Å². The first kappa shape index (κ1) is 21.1. The smallest absolute Gasteiger partial charge is 0.248 e. The average Bonchev–Trinajstić information content (AvgIpc) is 2.67. The molecule has 0 aliphatic carbocycles. The topological polar surface area (TPSA) is 94.2 Å². The third-order valence-electron chi connectivity index (χ3n) is 4.29. The second kappa shape index (κ2) is 8.38. The zero-order valence-electron chi connectivity index (χ0n) is 16.1. The molecule has 0 saturated heterocycles. The van der Waals surface area contributed by atoms with Crippen LogP contribution in [0.4, 0.5) is 11.4 Å². The number of ether oxygens (including phenoxy) is 3. The lowest BCUT2D eigenvalue weighted by molar-refractivity contribution is -0.116. The molecule has 10 heteroatoms. The van der Waals surface area contributed by atoms with E-state index in [0.717, 1.165) is 10.6 Å². The van der Waals surface area contributed by atoms with Crippen molar-refractivity contribution < 1.29 is 27.4 Å². The van der Waals surface area contributed by atoms with Gasteiger partial charge in [0.25, 0.3) is 0 Å². The number of halogens is 1. The molecular formula is C19H21ClN2O6S. The summed E-state index contributed by atoms with van der Waals surface area (Å²) in [5, 5.41) is 3.08. The van der Waals surface area contributed by atoms with E-state index < -0.39 is 22.0 Å². The van der Waals surface area contributed by atoms with Crippen LogP contribution in [0.1, 0.15) is 6.92 Å². The number of carbonyl (C=O) groups excluding carboxylic acids is 1. The number of hydrogen-bond acceptors (Lipinski definition) is 6. The Kier molecular flexibility index (Phi) is 6.09. The molecule has 0 saturated carbocycles. The number of benzene rings is 2. The van der Waals surface area contributed by atoms with Crippen LogP contribution in [-0.2, 0) is 14.8 Å². The summed E-state index contributed by atoms with van der Waals surface area (Å²) in [5.41, 5.74) is 0.630. The van der Waals surface area contributed by atoms with Gasteiger partial charge in [-0.05, 0) is 37.3 Å².